The number of benzene rings is 1. The van der Waals surface area contributed by atoms with Gasteiger partial charge in [-0.1, -0.05) is 0 Å². The first kappa shape index (κ1) is 16.9. The minimum Gasteiger partial charge on any atom is -0.493 e. The van der Waals surface area contributed by atoms with Crippen molar-refractivity contribution < 1.29 is 19.0 Å². The number of methoxy groups -OCH3 is 3. The normalized spacial score (nSPS) is 24.0. The molecule has 6 heteroatoms. The molecule has 0 radical (unpaired) electrons. The lowest BCUT2D eigenvalue weighted by atomic mass is 9.92. The quantitative estimate of drug-likeness (QED) is 0.821. The first-order chi connectivity index (χ1) is 11.6. The summed E-state index contributed by atoms with van der Waals surface area (Å²) in [4.78, 5) is 16.2. The number of likely N-dealkylation sites (N-methyl/N-ethyl adjacent to an activating group) is 1. The van der Waals surface area contributed by atoms with Crippen molar-refractivity contribution >= 4 is 5.91 Å². The van der Waals surface area contributed by atoms with Crippen LogP contribution in [0.15, 0.2) is 12.1 Å². The van der Waals surface area contributed by atoms with Crippen molar-refractivity contribution in [3.05, 3.63) is 17.7 Å². The van der Waals surface area contributed by atoms with E-state index in [0.717, 1.165) is 31.6 Å². The summed E-state index contributed by atoms with van der Waals surface area (Å²) in [6.07, 6.45) is 1.78. The van der Waals surface area contributed by atoms with Gasteiger partial charge in [0.1, 0.15) is 0 Å². The third kappa shape index (κ3) is 3.02. The second-order valence-corrected chi connectivity index (χ2v) is 6.59. The van der Waals surface area contributed by atoms with Gasteiger partial charge in [-0.15, -0.1) is 0 Å². The van der Waals surface area contributed by atoms with Crippen LogP contribution in [0.4, 0.5) is 0 Å². The molecular weight excluding hydrogens is 308 g/mol. The molecule has 132 valence electrons. The summed E-state index contributed by atoms with van der Waals surface area (Å²) >= 11 is 0. The van der Waals surface area contributed by atoms with Crippen molar-refractivity contribution in [3.8, 4) is 17.2 Å². The van der Waals surface area contributed by atoms with Crippen molar-refractivity contribution in [2.24, 2.45) is 5.92 Å². The second kappa shape index (κ2) is 6.89. The highest BCUT2D eigenvalue weighted by Crippen LogP contribution is 2.39. The van der Waals surface area contributed by atoms with Gasteiger partial charge in [-0.05, 0) is 36.6 Å². The number of hydrogen-bond donors (Lipinski definition) is 0. The van der Waals surface area contributed by atoms with Crippen LogP contribution in [0.2, 0.25) is 0 Å². The van der Waals surface area contributed by atoms with Crippen molar-refractivity contribution in [2.45, 2.75) is 25.4 Å². The predicted octanol–water partition coefficient (Wildman–Crippen LogP) is 1.76. The van der Waals surface area contributed by atoms with Gasteiger partial charge < -0.3 is 19.1 Å². The fraction of sp³-hybridized carbons (Fsp3) is 0.611. The van der Waals surface area contributed by atoms with E-state index in [0.29, 0.717) is 35.6 Å². The number of likely N-dealkylation sites (tertiary alicyclic amines) is 2. The lowest BCUT2D eigenvalue weighted by Crippen LogP contribution is -2.47. The van der Waals surface area contributed by atoms with Crippen LogP contribution in [-0.4, -0.2) is 63.2 Å². The number of carbonyl (C=O) groups excluding carboxylic acids is 1. The summed E-state index contributed by atoms with van der Waals surface area (Å²) in [5, 5.41) is 0. The van der Waals surface area contributed by atoms with E-state index in [2.05, 4.69) is 4.90 Å². The first-order valence-corrected chi connectivity index (χ1v) is 8.34. The SMILES string of the molecule is COc1cc(CN2CC[C@@H]3CC(=O)N(C)[C@@H]3C2)cc(OC)c1OC. The summed E-state index contributed by atoms with van der Waals surface area (Å²) in [6, 6.07) is 4.33. The van der Waals surface area contributed by atoms with Crippen molar-refractivity contribution in [3.63, 3.8) is 0 Å². The third-order valence-electron chi connectivity index (χ3n) is 5.26. The van der Waals surface area contributed by atoms with E-state index in [-0.39, 0.29) is 5.91 Å². The molecule has 6 nitrogen and oxygen atoms in total. The Balaban J connectivity index is 1.75. The van der Waals surface area contributed by atoms with E-state index in [4.69, 9.17) is 14.2 Å². The molecule has 0 aliphatic carbocycles. The predicted molar refractivity (Wildman–Crippen MR) is 90.7 cm³/mol. The van der Waals surface area contributed by atoms with E-state index < -0.39 is 0 Å². The molecule has 2 saturated heterocycles. The van der Waals surface area contributed by atoms with Crippen LogP contribution in [0.5, 0.6) is 17.2 Å². The molecule has 0 saturated carbocycles. The highest BCUT2D eigenvalue weighted by atomic mass is 16.5. The molecule has 0 aromatic heterocycles. The molecule has 1 aromatic carbocycles. The third-order valence-corrected chi connectivity index (χ3v) is 5.26. The lowest BCUT2D eigenvalue weighted by molar-refractivity contribution is -0.127. The molecule has 0 N–H and O–H groups in total. The van der Waals surface area contributed by atoms with E-state index >= 15 is 0 Å². The zero-order valence-corrected chi connectivity index (χ0v) is 14.9. The number of amides is 1. The number of nitrogens with zero attached hydrogens (tertiary/aromatic N) is 2. The molecule has 1 amide bonds. The standard InChI is InChI=1S/C18H26N2O4/c1-19-14-11-20(6-5-13(14)9-17(19)21)10-12-7-15(22-2)18(24-4)16(8-12)23-3/h7-8,13-14H,5-6,9-11H2,1-4H3/t13-,14-/m1/s1. The molecule has 2 heterocycles. The summed E-state index contributed by atoms with van der Waals surface area (Å²) < 4.78 is 16.2. The lowest BCUT2D eigenvalue weighted by Gasteiger charge is -2.37. The maximum Gasteiger partial charge on any atom is 0.222 e. The topological polar surface area (TPSA) is 51.2 Å². The number of carbonyl (C=O) groups is 1. The Bertz CT molecular complexity index is 594. The van der Waals surface area contributed by atoms with Crippen LogP contribution in [0, 0.1) is 5.92 Å². The Morgan fingerprint density at radius 2 is 1.79 bits per heavy atom. The molecule has 2 fully saturated rings. The fourth-order valence-corrected chi connectivity index (χ4v) is 3.90. The van der Waals surface area contributed by atoms with Crippen LogP contribution < -0.4 is 14.2 Å². The molecule has 3 rings (SSSR count). The fourth-order valence-electron chi connectivity index (χ4n) is 3.90. The molecule has 1 aromatic rings. The Hall–Kier alpha value is -1.95. The molecule has 0 bridgehead atoms. The van der Waals surface area contributed by atoms with Gasteiger partial charge in [0.25, 0.3) is 0 Å². The maximum absolute atomic E-state index is 11.9. The Morgan fingerprint density at radius 3 is 2.38 bits per heavy atom. The van der Waals surface area contributed by atoms with E-state index in [1.807, 2.05) is 24.1 Å². The van der Waals surface area contributed by atoms with Gasteiger partial charge >= 0.3 is 0 Å². The zero-order chi connectivity index (χ0) is 17.3. The molecule has 24 heavy (non-hydrogen) atoms. The van der Waals surface area contributed by atoms with E-state index in [1.54, 1.807) is 21.3 Å². The number of fused-ring (bicyclic) bond motifs is 1. The molecule has 2 aliphatic heterocycles. The summed E-state index contributed by atoms with van der Waals surface area (Å²) in [7, 11) is 6.80. The van der Waals surface area contributed by atoms with Crippen molar-refractivity contribution in [1.82, 2.24) is 9.80 Å². The number of rotatable bonds is 5. The minimum absolute atomic E-state index is 0.277. The van der Waals surface area contributed by atoms with Crippen LogP contribution in [0.25, 0.3) is 0 Å². The molecule has 2 atom stereocenters. The van der Waals surface area contributed by atoms with E-state index in [9.17, 15) is 4.79 Å². The van der Waals surface area contributed by atoms with Crippen LogP contribution in [0.1, 0.15) is 18.4 Å². The van der Waals surface area contributed by atoms with Crippen LogP contribution in [-0.2, 0) is 11.3 Å². The van der Waals surface area contributed by atoms with Crippen LogP contribution >= 0.6 is 0 Å². The molecule has 0 spiro atoms. The van der Waals surface area contributed by atoms with Gasteiger partial charge in [0.15, 0.2) is 11.5 Å². The zero-order valence-electron chi connectivity index (χ0n) is 14.9. The van der Waals surface area contributed by atoms with Gasteiger partial charge in [-0.3, -0.25) is 9.69 Å². The molecule has 2 aliphatic rings. The van der Waals surface area contributed by atoms with Gasteiger partial charge in [0, 0.05) is 32.6 Å². The largest absolute Gasteiger partial charge is 0.493 e. The maximum atomic E-state index is 11.9. The summed E-state index contributed by atoms with van der Waals surface area (Å²) in [6.45, 7) is 2.74. The van der Waals surface area contributed by atoms with Crippen LogP contribution in [0.3, 0.4) is 0 Å². The van der Waals surface area contributed by atoms with Gasteiger partial charge in [-0.25, -0.2) is 0 Å². The van der Waals surface area contributed by atoms with Gasteiger partial charge in [0.2, 0.25) is 11.7 Å². The highest BCUT2D eigenvalue weighted by molar-refractivity contribution is 5.79. The molecule has 0 unspecified atom stereocenters. The summed E-state index contributed by atoms with van der Waals surface area (Å²) in [5.74, 6) is 2.76. The highest BCUT2D eigenvalue weighted by Gasteiger charge is 2.40. The van der Waals surface area contributed by atoms with Gasteiger partial charge in [0.05, 0.1) is 21.3 Å². The molecular formula is C18H26N2O4. The Labute approximate surface area is 143 Å². The second-order valence-electron chi connectivity index (χ2n) is 6.59. The number of ether oxygens (including phenoxy) is 3. The summed E-state index contributed by atoms with van der Waals surface area (Å²) in [5.41, 5.74) is 1.12. The Morgan fingerprint density at radius 1 is 1.12 bits per heavy atom. The average molecular weight is 334 g/mol. The van der Waals surface area contributed by atoms with E-state index in [1.165, 1.54) is 0 Å². The Kier molecular flexibility index (Phi) is 4.85. The van der Waals surface area contributed by atoms with Gasteiger partial charge in [-0.2, -0.15) is 0 Å². The monoisotopic (exact) mass is 334 g/mol. The van der Waals surface area contributed by atoms with Crippen molar-refractivity contribution in [1.29, 1.82) is 0 Å². The average Bonchev–Trinajstić information content (AvgIpc) is 2.88. The number of piperidine rings is 1. The van der Waals surface area contributed by atoms with Crippen molar-refractivity contribution in [2.75, 3.05) is 41.5 Å². The smallest absolute Gasteiger partial charge is 0.222 e. The number of hydrogen-bond acceptors (Lipinski definition) is 5. The first-order valence-electron chi connectivity index (χ1n) is 8.34. The minimum atomic E-state index is 0.277.